The smallest absolute Gasteiger partial charge is 0.277 e. The first-order chi connectivity index (χ1) is 10.4. The molecule has 0 bridgehead atoms. The Balaban J connectivity index is 0.00000484. The number of carbonyl (C=O) groups excluding carboxylic acids is 1. The van der Waals surface area contributed by atoms with Crippen molar-refractivity contribution in [3.05, 3.63) is 29.8 Å². The Labute approximate surface area is 140 Å². The lowest BCUT2D eigenvalue weighted by Crippen LogP contribution is -2.43. The van der Waals surface area contributed by atoms with E-state index in [2.05, 4.69) is 5.32 Å². The molecule has 0 aromatic heterocycles. The van der Waals surface area contributed by atoms with Gasteiger partial charge in [0.05, 0.1) is 20.2 Å². The zero-order chi connectivity index (χ0) is 16.6. The standard InChI is InChI=1S/C15H20F2N2O3.ClH/c1-3-4-11-5-6-12(13(7-11)21-2)22-8-14(20)19-10-15(16,17)9-18;/h3-7H,8-10,18H2,1-2H3,(H,19,20);1H/b4-3+;. The molecule has 130 valence electrons. The summed E-state index contributed by atoms with van der Waals surface area (Å²) in [7, 11) is 1.48. The van der Waals surface area contributed by atoms with Gasteiger partial charge < -0.3 is 20.5 Å². The molecule has 0 radical (unpaired) electrons. The molecule has 0 aliphatic carbocycles. The number of amides is 1. The van der Waals surface area contributed by atoms with E-state index in [0.717, 1.165) is 5.56 Å². The fraction of sp³-hybridized carbons (Fsp3) is 0.400. The summed E-state index contributed by atoms with van der Waals surface area (Å²) in [6.45, 7) is -0.143. The molecule has 0 saturated carbocycles. The summed E-state index contributed by atoms with van der Waals surface area (Å²) in [6, 6.07) is 5.18. The fourth-order valence-electron chi connectivity index (χ4n) is 1.59. The van der Waals surface area contributed by atoms with E-state index in [0.29, 0.717) is 11.5 Å². The molecule has 1 amide bonds. The number of carbonyl (C=O) groups is 1. The van der Waals surface area contributed by atoms with Crippen LogP contribution in [0.4, 0.5) is 8.78 Å². The van der Waals surface area contributed by atoms with Crippen LogP contribution in [0, 0.1) is 0 Å². The molecule has 0 aliphatic heterocycles. The van der Waals surface area contributed by atoms with E-state index in [1.54, 1.807) is 18.2 Å². The third-order valence-corrected chi connectivity index (χ3v) is 2.75. The van der Waals surface area contributed by atoms with Gasteiger partial charge in [0.15, 0.2) is 18.1 Å². The van der Waals surface area contributed by atoms with Gasteiger partial charge in [0, 0.05) is 0 Å². The van der Waals surface area contributed by atoms with Crippen LogP contribution in [-0.4, -0.2) is 38.6 Å². The van der Waals surface area contributed by atoms with Crippen LogP contribution in [0.5, 0.6) is 11.5 Å². The molecule has 0 spiro atoms. The lowest BCUT2D eigenvalue weighted by Gasteiger charge is -2.15. The molecule has 3 N–H and O–H groups in total. The molecule has 0 saturated heterocycles. The molecular formula is C15H21ClF2N2O3. The zero-order valence-electron chi connectivity index (χ0n) is 13.0. The van der Waals surface area contributed by atoms with Crippen LogP contribution in [0.15, 0.2) is 24.3 Å². The molecule has 0 heterocycles. The Bertz CT molecular complexity index is 539. The summed E-state index contributed by atoms with van der Waals surface area (Å²) >= 11 is 0. The maximum atomic E-state index is 12.9. The first-order valence-corrected chi connectivity index (χ1v) is 6.70. The third-order valence-electron chi connectivity index (χ3n) is 2.75. The van der Waals surface area contributed by atoms with E-state index in [-0.39, 0.29) is 19.0 Å². The lowest BCUT2D eigenvalue weighted by atomic mass is 10.2. The summed E-state index contributed by atoms with van der Waals surface area (Å²) < 4.78 is 36.3. The minimum atomic E-state index is -3.12. The third kappa shape index (κ3) is 7.30. The van der Waals surface area contributed by atoms with Crippen molar-refractivity contribution in [3.8, 4) is 11.5 Å². The molecule has 23 heavy (non-hydrogen) atoms. The quantitative estimate of drug-likeness (QED) is 0.754. The Morgan fingerprint density at radius 1 is 1.39 bits per heavy atom. The van der Waals surface area contributed by atoms with Gasteiger partial charge in [0.25, 0.3) is 11.8 Å². The van der Waals surface area contributed by atoms with Gasteiger partial charge in [-0.25, -0.2) is 8.78 Å². The highest BCUT2D eigenvalue weighted by atomic mass is 35.5. The molecule has 0 fully saturated rings. The molecule has 5 nitrogen and oxygen atoms in total. The van der Waals surface area contributed by atoms with Crippen molar-refractivity contribution in [1.82, 2.24) is 5.32 Å². The van der Waals surface area contributed by atoms with E-state index in [1.165, 1.54) is 7.11 Å². The number of benzene rings is 1. The number of nitrogens with one attached hydrogen (secondary N) is 1. The topological polar surface area (TPSA) is 73.6 Å². The van der Waals surface area contributed by atoms with E-state index >= 15 is 0 Å². The number of rotatable bonds is 8. The highest BCUT2D eigenvalue weighted by Crippen LogP contribution is 2.28. The number of hydrogen-bond acceptors (Lipinski definition) is 4. The molecule has 1 rings (SSSR count). The highest BCUT2D eigenvalue weighted by molar-refractivity contribution is 5.85. The molecule has 1 aromatic carbocycles. The number of ether oxygens (including phenoxy) is 2. The molecular weight excluding hydrogens is 330 g/mol. The van der Waals surface area contributed by atoms with Crippen molar-refractivity contribution in [2.24, 2.45) is 5.73 Å². The predicted molar refractivity (Wildman–Crippen MR) is 87.5 cm³/mol. The lowest BCUT2D eigenvalue weighted by molar-refractivity contribution is -0.124. The maximum absolute atomic E-state index is 12.9. The summed E-state index contributed by atoms with van der Waals surface area (Å²) in [5.74, 6) is -2.97. The van der Waals surface area contributed by atoms with Crippen LogP contribution >= 0.6 is 12.4 Å². The zero-order valence-corrected chi connectivity index (χ0v) is 13.8. The van der Waals surface area contributed by atoms with Crippen LogP contribution in [0.25, 0.3) is 6.08 Å². The van der Waals surface area contributed by atoms with Gasteiger partial charge in [-0.1, -0.05) is 18.2 Å². The van der Waals surface area contributed by atoms with Crippen molar-refractivity contribution in [3.63, 3.8) is 0 Å². The number of alkyl halides is 2. The van der Waals surface area contributed by atoms with E-state index in [4.69, 9.17) is 15.2 Å². The summed E-state index contributed by atoms with van der Waals surface area (Å²) in [6.07, 6.45) is 3.76. The highest BCUT2D eigenvalue weighted by Gasteiger charge is 2.27. The average Bonchev–Trinajstić information content (AvgIpc) is 2.52. The van der Waals surface area contributed by atoms with Gasteiger partial charge in [-0.15, -0.1) is 12.4 Å². The largest absolute Gasteiger partial charge is 0.493 e. The van der Waals surface area contributed by atoms with Crippen molar-refractivity contribution >= 4 is 24.4 Å². The first-order valence-electron chi connectivity index (χ1n) is 6.70. The van der Waals surface area contributed by atoms with Crippen molar-refractivity contribution in [2.75, 3.05) is 26.8 Å². The molecule has 0 aliphatic rings. The number of allylic oxidation sites excluding steroid dienone is 1. The summed E-state index contributed by atoms with van der Waals surface area (Å²) in [5, 5.41) is 2.07. The first kappa shape index (κ1) is 21.1. The SMILES string of the molecule is C/C=C/c1ccc(OCC(=O)NCC(F)(F)CN)c(OC)c1.Cl. The Kier molecular flexibility index (Phi) is 9.21. The fourth-order valence-corrected chi connectivity index (χ4v) is 1.59. The molecule has 1 aromatic rings. The Hall–Kier alpha value is -1.86. The van der Waals surface area contributed by atoms with E-state index < -0.39 is 24.9 Å². The number of hydrogen-bond donors (Lipinski definition) is 2. The van der Waals surface area contributed by atoms with Crippen LogP contribution < -0.4 is 20.5 Å². The van der Waals surface area contributed by atoms with Gasteiger partial charge in [0.1, 0.15) is 0 Å². The normalized spacial score (nSPS) is 11.0. The summed E-state index contributed by atoms with van der Waals surface area (Å²) in [5.41, 5.74) is 5.80. The van der Waals surface area contributed by atoms with E-state index in [9.17, 15) is 13.6 Å². The van der Waals surface area contributed by atoms with Gasteiger partial charge in [-0.2, -0.15) is 0 Å². The van der Waals surface area contributed by atoms with Crippen LogP contribution in [0.1, 0.15) is 12.5 Å². The van der Waals surface area contributed by atoms with Gasteiger partial charge in [-0.3, -0.25) is 4.79 Å². The number of nitrogens with two attached hydrogens (primary N) is 1. The molecule has 8 heteroatoms. The Morgan fingerprint density at radius 3 is 2.65 bits per heavy atom. The second-order valence-electron chi connectivity index (χ2n) is 4.54. The average molecular weight is 351 g/mol. The van der Waals surface area contributed by atoms with Crippen molar-refractivity contribution in [2.45, 2.75) is 12.8 Å². The van der Waals surface area contributed by atoms with Gasteiger partial charge >= 0.3 is 0 Å². The van der Waals surface area contributed by atoms with Crippen molar-refractivity contribution in [1.29, 1.82) is 0 Å². The van der Waals surface area contributed by atoms with Gasteiger partial charge in [0.2, 0.25) is 0 Å². The van der Waals surface area contributed by atoms with Crippen LogP contribution in [0.3, 0.4) is 0 Å². The number of halogens is 3. The maximum Gasteiger partial charge on any atom is 0.277 e. The minimum Gasteiger partial charge on any atom is -0.493 e. The molecule has 0 unspecified atom stereocenters. The second-order valence-corrected chi connectivity index (χ2v) is 4.54. The predicted octanol–water partition coefficient (Wildman–Crippen LogP) is 2.24. The van der Waals surface area contributed by atoms with Crippen LogP contribution in [-0.2, 0) is 4.79 Å². The van der Waals surface area contributed by atoms with Gasteiger partial charge in [-0.05, 0) is 24.6 Å². The van der Waals surface area contributed by atoms with E-state index in [1.807, 2.05) is 19.1 Å². The van der Waals surface area contributed by atoms with Crippen molar-refractivity contribution < 1.29 is 23.0 Å². The number of methoxy groups -OCH3 is 1. The minimum absolute atomic E-state index is 0. The summed E-state index contributed by atoms with van der Waals surface area (Å²) in [4.78, 5) is 11.5. The molecule has 0 atom stereocenters. The second kappa shape index (κ2) is 10.0. The monoisotopic (exact) mass is 350 g/mol. The Morgan fingerprint density at radius 2 is 2.09 bits per heavy atom. The van der Waals surface area contributed by atoms with Crippen LogP contribution in [0.2, 0.25) is 0 Å².